The molecule has 43 valence electrons. The Labute approximate surface area is 61.0 Å². The molecule has 0 aliphatic carbocycles. The van der Waals surface area contributed by atoms with Crippen LogP contribution >= 0.6 is 0 Å². The predicted molar refractivity (Wildman–Crippen MR) is 27.0 cm³/mol. The van der Waals surface area contributed by atoms with E-state index in [1.807, 2.05) is 13.8 Å². The molecule has 1 nitrogen and oxygen atoms in total. The van der Waals surface area contributed by atoms with E-state index in [0.29, 0.717) is 0 Å². The van der Waals surface area contributed by atoms with Gasteiger partial charge in [0.15, 0.2) is 0 Å². The smallest absolute Gasteiger partial charge is 0 e. The summed E-state index contributed by atoms with van der Waals surface area (Å²) in [5.41, 5.74) is 2.26. The summed E-state index contributed by atoms with van der Waals surface area (Å²) in [5, 5.41) is 0. The molecule has 1 rings (SSSR count). The van der Waals surface area contributed by atoms with Gasteiger partial charge in [0.1, 0.15) is 0 Å². The fourth-order valence-electron chi connectivity index (χ4n) is 0.375. The minimum absolute atomic E-state index is 0. The van der Waals surface area contributed by atoms with Crippen molar-refractivity contribution < 1.29 is 23.0 Å². The zero-order valence-corrected chi connectivity index (χ0v) is 6.33. The maximum absolute atomic E-state index is 4.72. The van der Waals surface area contributed by atoms with E-state index in [4.69, 9.17) is 4.42 Å². The average molecular weight is 146 g/mol. The summed E-state index contributed by atoms with van der Waals surface area (Å²) >= 11 is 0. The first-order chi connectivity index (χ1) is 3.30. The third-order valence-corrected chi connectivity index (χ3v) is 1.04. The molecule has 2 heteroatoms. The van der Waals surface area contributed by atoms with Gasteiger partial charge in [-0.1, -0.05) is 20.1 Å². The fraction of sp³-hybridized carbons (Fsp3) is 0.333. The van der Waals surface area contributed by atoms with Crippen molar-refractivity contribution in [3.05, 3.63) is 23.7 Å². The standard InChI is InChI=1S/C6H7O.V/c1-5-3-7-4-6(5)2;/h3H,1-2H3;/q-1;. The van der Waals surface area contributed by atoms with Gasteiger partial charge in [-0.3, -0.25) is 0 Å². The van der Waals surface area contributed by atoms with Gasteiger partial charge >= 0.3 is 0 Å². The zero-order chi connectivity index (χ0) is 5.28. The zero-order valence-electron chi connectivity index (χ0n) is 4.93. The quantitative estimate of drug-likeness (QED) is 0.507. The van der Waals surface area contributed by atoms with Crippen LogP contribution in [-0.2, 0) is 18.6 Å². The molecule has 0 fully saturated rings. The van der Waals surface area contributed by atoms with E-state index in [0.717, 1.165) is 5.56 Å². The van der Waals surface area contributed by atoms with Crippen molar-refractivity contribution in [2.45, 2.75) is 13.8 Å². The van der Waals surface area contributed by atoms with Gasteiger partial charge in [0.2, 0.25) is 0 Å². The van der Waals surface area contributed by atoms with E-state index in [1.54, 1.807) is 6.26 Å². The van der Waals surface area contributed by atoms with Gasteiger partial charge in [-0.2, -0.15) is 5.56 Å². The first kappa shape index (κ1) is 7.86. The van der Waals surface area contributed by atoms with Gasteiger partial charge in [-0.05, 0) is 6.26 Å². The monoisotopic (exact) mass is 146 g/mol. The summed E-state index contributed by atoms with van der Waals surface area (Å²) in [6.07, 6.45) is 4.38. The summed E-state index contributed by atoms with van der Waals surface area (Å²) < 4.78 is 4.72. The van der Waals surface area contributed by atoms with Crippen molar-refractivity contribution in [3.63, 3.8) is 0 Å². The molecule has 1 radical (unpaired) electrons. The van der Waals surface area contributed by atoms with Crippen molar-refractivity contribution in [3.8, 4) is 0 Å². The van der Waals surface area contributed by atoms with Crippen LogP contribution in [0.15, 0.2) is 10.7 Å². The number of rotatable bonds is 0. The third-order valence-electron chi connectivity index (χ3n) is 1.04. The number of furan rings is 1. The Morgan fingerprint density at radius 1 is 1.50 bits per heavy atom. The molecule has 1 aromatic heterocycles. The van der Waals surface area contributed by atoms with Crippen LogP contribution in [0.4, 0.5) is 0 Å². The van der Waals surface area contributed by atoms with E-state index in [9.17, 15) is 0 Å². The van der Waals surface area contributed by atoms with Crippen LogP contribution in [0.2, 0.25) is 0 Å². The molecular formula is C6H7OV-. The van der Waals surface area contributed by atoms with Crippen LogP contribution in [-0.4, -0.2) is 0 Å². The van der Waals surface area contributed by atoms with Gasteiger partial charge in [0.05, 0.1) is 0 Å². The number of hydrogen-bond donors (Lipinski definition) is 0. The van der Waals surface area contributed by atoms with E-state index >= 15 is 0 Å². The molecule has 0 saturated heterocycles. The summed E-state index contributed by atoms with van der Waals surface area (Å²) in [7, 11) is 0. The van der Waals surface area contributed by atoms with Gasteiger partial charge < -0.3 is 4.42 Å². The molecule has 0 bridgehead atoms. The van der Waals surface area contributed by atoms with E-state index < -0.39 is 0 Å². The fourth-order valence-corrected chi connectivity index (χ4v) is 0.375. The Bertz CT molecular complexity index is 141. The Balaban J connectivity index is 0.000000490. The summed E-state index contributed by atoms with van der Waals surface area (Å²) in [6, 6.07) is 0. The second-order valence-electron chi connectivity index (χ2n) is 1.65. The number of hydrogen-bond acceptors (Lipinski definition) is 1. The van der Waals surface area contributed by atoms with Crippen molar-refractivity contribution in [1.82, 2.24) is 0 Å². The van der Waals surface area contributed by atoms with Crippen molar-refractivity contribution in [2.75, 3.05) is 0 Å². The van der Waals surface area contributed by atoms with E-state index in [2.05, 4.69) is 6.26 Å². The molecule has 0 unspecified atom stereocenters. The van der Waals surface area contributed by atoms with E-state index in [-0.39, 0.29) is 18.6 Å². The van der Waals surface area contributed by atoms with E-state index in [1.165, 1.54) is 5.56 Å². The molecule has 0 aromatic carbocycles. The van der Waals surface area contributed by atoms with Gasteiger partial charge in [0, 0.05) is 18.6 Å². The largest absolute Gasteiger partial charge is 0.598 e. The molecular weight excluding hydrogens is 139 g/mol. The molecule has 0 spiro atoms. The number of aryl methyl sites for hydroxylation is 2. The van der Waals surface area contributed by atoms with Gasteiger partial charge in [-0.25, -0.2) is 0 Å². The maximum atomic E-state index is 4.72. The minimum Gasteiger partial charge on any atom is -0.598 e. The molecule has 8 heavy (non-hydrogen) atoms. The molecule has 1 aromatic rings. The minimum atomic E-state index is 0. The molecule has 1 heterocycles. The first-order valence-electron chi connectivity index (χ1n) is 2.23. The second-order valence-corrected chi connectivity index (χ2v) is 1.65. The second kappa shape index (κ2) is 3.00. The van der Waals surface area contributed by atoms with Crippen molar-refractivity contribution >= 4 is 0 Å². The third kappa shape index (κ3) is 1.43. The van der Waals surface area contributed by atoms with Crippen LogP contribution in [0.1, 0.15) is 11.1 Å². The normalized spacial score (nSPS) is 8.25. The summed E-state index contributed by atoms with van der Waals surface area (Å²) in [6.45, 7) is 3.97. The van der Waals surface area contributed by atoms with Crippen molar-refractivity contribution in [2.24, 2.45) is 0 Å². The summed E-state index contributed by atoms with van der Waals surface area (Å²) in [4.78, 5) is 0. The molecule has 0 saturated carbocycles. The van der Waals surface area contributed by atoms with Crippen molar-refractivity contribution in [1.29, 1.82) is 0 Å². The van der Waals surface area contributed by atoms with Crippen LogP contribution in [0.25, 0.3) is 0 Å². The Hall–Kier alpha value is -0.136. The van der Waals surface area contributed by atoms with Crippen LogP contribution < -0.4 is 0 Å². The SMILES string of the molecule is Cc1[c-]occ1C.[V]. The molecule has 0 N–H and O–H groups in total. The van der Waals surface area contributed by atoms with Gasteiger partial charge in [0.25, 0.3) is 0 Å². The Morgan fingerprint density at radius 2 is 2.12 bits per heavy atom. The summed E-state index contributed by atoms with van der Waals surface area (Å²) in [5.74, 6) is 0. The maximum Gasteiger partial charge on any atom is 0 e. The van der Waals surface area contributed by atoms with Crippen LogP contribution in [0, 0.1) is 20.1 Å². The molecule has 0 amide bonds. The van der Waals surface area contributed by atoms with Crippen LogP contribution in [0.5, 0.6) is 0 Å². The molecule has 0 aliphatic rings. The Morgan fingerprint density at radius 3 is 2.25 bits per heavy atom. The average Bonchev–Trinajstić information content (AvgIpc) is 1.91. The molecule has 0 atom stereocenters. The topological polar surface area (TPSA) is 13.1 Å². The van der Waals surface area contributed by atoms with Crippen LogP contribution in [0.3, 0.4) is 0 Å². The molecule has 0 aliphatic heterocycles. The first-order valence-corrected chi connectivity index (χ1v) is 2.23. The predicted octanol–water partition coefficient (Wildman–Crippen LogP) is 1.69. The van der Waals surface area contributed by atoms with Gasteiger partial charge in [-0.15, -0.1) is 5.56 Å². The Kier molecular flexibility index (Phi) is 2.95.